The number of carbonyl (C=O) groups is 1. The van der Waals surface area contributed by atoms with Gasteiger partial charge in [0, 0.05) is 12.1 Å². The largest absolute Gasteiger partial charge is 0.495 e. The molecule has 1 N–H and O–H groups in total. The molecular formula is C18H21BrN2O3. The van der Waals surface area contributed by atoms with Crippen molar-refractivity contribution in [2.45, 2.75) is 13.8 Å². The number of nitrogens with one attached hydrogen (secondary N) is 1. The van der Waals surface area contributed by atoms with Crippen LogP contribution in [-0.2, 0) is 0 Å². The summed E-state index contributed by atoms with van der Waals surface area (Å²) in [7, 11) is 3.09. The maximum atomic E-state index is 12.6. The minimum Gasteiger partial charge on any atom is -0.495 e. The molecule has 0 heterocycles. The van der Waals surface area contributed by atoms with Crippen LogP contribution in [-0.4, -0.2) is 26.7 Å². The Bertz CT molecular complexity index is 692. The van der Waals surface area contributed by atoms with E-state index in [4.69, 9.17) is 9.47 Å². The van der Waals surface area contributed by atoms with Gasteiger partial charge in [-0.05, 0) is 54.0 Å². The first-order chi connectivity index (χ1) is 11.5. The Kier molecular flexibility index (Phi) is 6.09. The summed E-state index contributed by atoms with van der Waals surface area (Å²) in [5.74, 6) is 0.845. The molecule has 0 unspecified atom stereocenters. The summed E-state index contributed by atoms with van der Waals surface area (Å²) in [5.41, 5.74) is 5.46. The van der Waals surface area contributed by atoms with Gasteiger partial charge in [0.1, 0.15) is 16.0 Å². The van der Waals surface area contributed by atoms with Crippen LogP contribution in [0.3, 0.4) is 0 Å². The number of halogens is 1. The van der Waals surface area contributed by atoms with Crippen molar-refractivity contribution in [3.05, 3.63) is 52.0 Å². The highest BCUT2D eigenvalue weighted by atomic mass is 79.9. The highest BCUT2D eigenvalue weighted by Gasteiger charge is 2.16. The van der Waals surface area contributed by atoms with Crippen LogP contribution in [0.2, 0.25) is 0 Å². The Hall–Kier alpha value is -2.21. The second kappa shape index (κ2) is 8.06. The molecular weight excluding hydrogens is 372 g/mol. The third kappa shape index (κ3) is 4.00. The van der Waals surface area contributed by atoms with Gasteiger partial charge in [-0.1, -0.05) is 17.7 Å². The zero-order valence-electron chi connectivity index (χ0n) is 14.2. The zero-order valence-corrected chi connectivity index (χ0v) is 15.8. The summed E-state index contributed by atoms with van der Waals surface area (Å²) < 4.78 is 11.2. The van der Waals surface area contributed by atoms with Crippen LogP contribution in [0.4, 0.5) is 5.69 Å². The van der Waals surface area contributed by atoms with E-state index in [-0.39, 0.29) is 5.91 Å². The number of hydrogen-bond donors (Lipinski definition) is 1. The van der Waals surface area contributed by atoms with Gasteiger partial charge in [-0.25, -0.2) is 0 Å². The van der Waals surface area contributed by atoms with Crippen LogP contribution < -0.4 is 19.9 Å². The van der Waals surface area contributed by atoms with E-state index < -0.39 is 0 Å². The number of hydrazine groups is 1. The molecule has 5 nitrogen and oxygen atoms in total. The predicted molar refractivity (Wildman–Crippen MR) is 98.9 cm³/mol. The molecule has 24 heavy (non-hydrogen) atoms. The second-order valence-corrected chi connectivity index (χ2v) is 6.01. The second-order valence-electron chi connectivity index (χ2n) is 5.22. The molecule has 2 rings (SSSR count). The van der Waals surface area contributed by atoms with Crippen molar-refractivity contribution in [2.24, 2.45) is 0 Å². The molecule has 2 aromatic rings. The van der Waals surface area contributed by atoms with E-state index in [0.717, 1.165) is 5.69 Å². The number of amides is 1. The van der Waals surface area contributed by atoms with Crippen molar-refractivity contribution in [1.29, 1.82) is 0 Å². The predicted octanol–water partition coefficient (Wildman–Crippen LogP) is 3.95. The van der Waals surface area contributed by atoms with Crippen LogP contribution in [0.5, 0.6) is 11.5 Å². The SMILES string of the molecule is CCN(NC(=O)c1cc(OC)c(Br)c(OC)c1)c1ccc(C)cc1. The van der Waals surface area contributed by atoms with E-state index in [1.54, 1.807) is 31.4 Å². The molecule has 0 saturated heterocycles. The number of aryl methyl sites for hydroxylation is 1. The average molecular weight is 393 g/mol. The molecule has 128 valence electrons. The molecule has 0 aliphatic carbocycles. The van der Waals surface area contributed by atoms with Crippen LogP contribution >= 0.6 is 15.9 Å². The van der Waals surface area contributed by atoms with Crippen LogP contribution in [0.25, 0.3) is 0 Å². The fraction of sp³-hybridized carbons (Fsp3) is 0.278. The van der Waals surface area contributed by atoms with Crippen LogP contribution in [0.1, 0.15) is 22.8 Å². The van der Waals surface area contributed by atoms with Gasteiger partial charge in [0.2, 0.25) is 0 Å². The number of methoxy groups -OCH3 is 2. The van der Waals surface area contributed by atoms with Crippen molar-refractivity contribution in [2.75, 3.05) is 25.8 Å². The summed E-state index contributed by atoms with van der Waals surface area (Å²) in [6, 6.07) is 11.3. The molecule has 0 atom stereocenters. The molecule has 1 amide bonds. The van der Waals surface area contributed by atoms with E-state index in [1.165, 1.54) is 5.56 Å². The fourth-order valence-corrected chi connectivity index (χ4v) is 2.79. The summed E-state index contributed by atoms with van der Waals surface area (Å²) in [5, 5.41) is 1.79. The van der Waals surface area contributed by atoms with Crippen LogP contribution in [0, 0.1) is 6.92 Å². The standard InChI is InChI=1S/C18H21BrN2O3/c1-5-21(14-8-6-12(2)7-9-14)20-18(22)13-10-15(23-3)17(19)16(11-13)24-4/h6-11H,5H2,1-4H3,(H,20,22). The van der Waals surface area contributed by atoms with Gasteiger partial charge in [0.15, 0.2) is 0 Å². The third-order valence-corrected chi connectivity index (χ3v) is 4.39. The molecule has 0 aromatic heterocycles. The van der Waals surface area contributed by atoms with Crippen LogP contribution in [0.15, 0.2) is 40.9 Å². The molecule has 0 saturated carbocycles. The molecule has 0 aliphatic rings. The number of benzene rings is 2. The van der Waals surface area contributed by atoms with Crippen molar-refractivity contribution < 1.29 is 14.3 Å². The average Bonchev–Trinajstić information content (AvgIpc) is 2.60. The van der Waals surface area contributed by atoms with E-state index in [0.29, 0.717) is 28.1 Å². The van der Waals surface area contributed by atoms with Crippen molar-refractivity contribution >= 4 is 27.5 Å². The lowest BCUT2D eigenvalue weighted by Crippen LogP contribution is -2.42. The topological polar surface area (TPSA) is 50.8 Å². The lowest BCUT2D eigenvalue weighted by Gasteiger charge is -2.24. The normalized spacial score (nSPS) is 10.2. The minimum absolute atomic E-state index is 0.235. The smallest absolute Gasteiger partial charge is 0.270 e. The Balaban J connectivity index is 2.26. The van der Waals surface area contributed by atoms with Gasteiger partial charge >= 0.3 is 0 Å². The minimum atomic E-state index is -0.235. The van der Waals surface area contributed by atoms with Gasteiger partial charge in [0.25, 0.3) is 5.91 Å². The molecule has 0 spiro atoms. The van der Waals surface area contributed by atoms with Gasteiger partial charge in [-0.3, -0.25) is 15.2 Å². The molecule has 0 fully saturated rings. The number of anilines is 1. The maximum Gasteiger partial charge on any atom is 0.270 e. The van der Waals surface area contributed by atoms with Crippen molar-refractivity contribution in [1.82, 2.24) is 5.43 Å². The number of nitrogens with zero attached hydrogens (tertiary/aromatic N) is 1. The van der Waals surface area contributed by atoms with Gasteiger partial charge < -0.3 is 9.47 Å². The van der Waals surface area contributed by atoms with Crippen molar-refractivity contribution in [3.63, 3.8) is 0 Å². The summed E-state index contributed by atoms with van der Waals surface area (Å²) in [6.07, 6.45) is 0. The first kappa shape index (κ1) is 18.1. The van der Waals surface area contributed by atoms with E-state index in [1.807, 2.05) is 38.1 Å². The Labute approximate surface area is 150 Å². The third-order valence-electron chi connectivity index (χ3n) is 3.61. The lowest BCUT2D eigenvalue weighted by atomic mass is 10.2. The van der Waals surface area contributed by atoms with Gasteiger partial charge in [-0.2, -0.15) is 0 Å². The Morgan fingerprint density at radius 2 is 1.67 bits per heavy atom. The number of rotatable bonds is 6. The number of carbonyl (C=O) groups excluding carboxylic acids is 1. The first-order valence-corrected chi connectivity index (χ1v) is 8.36. The number of ether oxygens (including phenoxy) is 2. The zero-order chi connectivity index (χ0) is 17.7. The highest BCUT2D eigenvalue weighted by Crippen LogP contribution is 2.35. The van der Waals surface area contributed by atoms with E-state index in [2.05, 4.69) is 21.4 Å². The fourth-order valence-electron chi connectivity index (χ4n) is 2.24. The van der Waals surface area contributed by atoms with E-state index >= 15 is 0 Å². The van der Waals surface area contributed by atoms with Gasteiger partial charge in [0.05, 0.1) is 19.9 Å². The Morgan fingerprint density at radius 1 is 1.12 bits per heavy atom. The van der Waals surface area contributed by atoms with Crippen molar-refractivity contribution in [3.8, 4) is 11.5 Å². The monoisotopic (exact) mass is 392 g/mol. The quantitative estimate of drug-likeness (QED) is 0.756. The summed E-state index contributed by atoms with van der Waals surface area (Å²) in [4.78, 5) is 12.6. The number of hydrogen-bond acceptors (Lipinski definition) is 4. The highest BCUT2D eigenvalue weighted by molar-refractivity contribution is 9.10. The molecule has 0 aliphatic heterocycles. The molecule has 0 radical (unpaired) electrons. The van der Waals surface area contributed by atoms with E-state index in [9.17, 15) is 4.79 Å². The molecule has 0 bridgehead atoms. The lowest BCUT2D eigenvalue weighted by molar-refractivity contribution is 0.0948. The first-order valence-electron chi connectivity index (χ1n) is 7.56. The summed E-state index contributed by atoms with van der Waals surface area (Å²) in [6.45, 7) is 4.64. The maximum absolute atomic E-state index is 12.6. The molecule has 2 aromatic carbocycles. The molecule has 6 heteroatoms. The Morgan fingerprint density at radius 3 is 2.12 bits per heavy atom. The summed E-state index contributed by atoms with van der Waals surface area (Å²) >= 11 is 3.40. The van der Waals surface area contributed by atoms with Gasteiger partial charge in [-0.15, -0.1) is 0 Å².